The molecule has 4 aromatic carbocycles. The zero-order valence-corrected chi connectivity index (χ0v) is 80.1. The second-order valence-electron chi connectivity index (χ2n) is 30.6. The summed E-state index contributed by atoms with van der Waals surface area (Å²) in [6, 6.07) is 28.4. The van der Waals surface area contributed by atoms with E-state index in [1.165, 1.54) is 76.2 Å². The zero-order valence-electron chi connectivity index (χ0n) is 79.0. The Hall–Kier alpha value is -13.9. The number of hydrogen-bond donors (Lipinski definition) is 1. The van der Waals surface area contributed by atoms with Gasteiger partial charge in [-0.3, -0.25) is 0 Å². The predicted octanol–water partition coefficient (Wildman–Crippen LogP) is 32.4. The van der Waals surface area contributed by atoms with Crippen molar-refractivity contribution in [1.29, 1.82) is 0 Å². The second-order valence-corrected chi connectivity index (χ2v) is 30.6. The minimum Gasteiger partial charge on any atom is -0.497 e. The molecular weight excluding hydrogens is 1750 g/mol. The summed E-state index contributed by atoms with van der Waals surface area (Å²) in [6.45, 7) is 26.7. The number of aryl methyl sites for hydroxylation is 1. The molecule has 720 valence electrons. The number of unbranched alkanes of at least 4 members (excludes halogenated alkanes) is 5. The molecule has 0 spiro atoms. The number of aliphatic hydroxyl groups is 1. The van der Waals surface area contributed by atoms with Gasteiger partial charge in [-0.2, -0.15) is 0 Å². The predicted molar refractivity (Wildman–Crippen MR) is 519 cm³/mol. The van der Waals surface area contributed by atoms with Gasteiger partial charge in [0, 0.05) is 155 Å². The first kappa shape index (κ1) is 130. The third-order valence-electron chi connectivity index (χ3n) is 20.0. The van der Waals surface area contributed by atoms with E-state index in [1.54, 1.807) is 38.3 Å². The van der Waals surface area contributed by atoms with Gasteiger partial charge in [-0.15, -0.1) is 0 Å². The molecule has 0 aromatic heterocycles. The first-order chi connectivity index (χ1) is 62.8. The fourth-order valence-electron chi connectivity index (χ4n) is 12.4. The maximum Gasteiger partial charge on any atom is 2.00 e. The fourth-order valence-corrected chi connectivity index (χ4v) is 12.4. The number of azide groups is 16. The van der Waals surface area contributed by atoms with Crippen LogP contribution in [0.25, 0.3) is 167 Å². The Bertz CT molecular complexity index is 4590. The van der Waals surface area contributed by atoms with Crippen molar-refractivity contribution < 1.29 is 26.9 Å². The van der Waals surface area contributed by atoms with Gasteiger partial charge in [0.25, 0.3) is 0 Å². The van der Waals surface area contributed by atoms with Crippen molar-refractivity contribution in [2.24, 2.45) is 93.7 Å². The Morgan fingerprint density at radius 2 is 0.805 bits per heavy atom. The summed E-state index contributed by atoms with van der Waals surface area (Å²) < 4.78 is 5.00. The molecule has 1 N–H and O–H groups in total. The van der Waals surface area contributed by atoms with Crippen LogP contribution in [-0.2, 0) is 22.5 Å². The molecule has 6 rings (SSSR count). The van der Waals surface area contributed by atoms with E-state index in [2.05, 4.69) is 214 Å². The summed E-state index contributed by atoms with van der Waals surface area (Å²) >= 11 is 0. The van der Waals surface area contributed by atoms with E-state index in [0.717, 1.165) is 98.8 Å². The van der Waals surface area contributed by atoms with Crippen molar-refractivity contribution in [3.05, 3.63) is 318 Å². The average molecular weight is 1880 g/mol. The van der Waals surface area contributed by atoms with E-state index in [4.69, 9.17) is 98.3 Å². The standard InChI is InChI=1S/C14H29N7.C12H16N6.C10H20N6.C9H10N6O.2C9H10N6.C7H12N6.C5H10.C4H8N6O.2CH3.Fe/c1-6-21(7-2)11-10-12(3)8-9-13(17-19-15)14(4,5)18-20-16;1-12(2,3)10-6-4-9(5-7-10)11(16-18-14)8-15-17-13;1-2-3-4-5-6-7-8-10(14-16-12)9-13-15-11;1-16-8-4-2-7(3-5-8)9(13-15-11)6-12-14-10;1-7-2-4-8(5-3-7)9(13-15-11)6-12-14-10;1-7(12-14-10)9(13-15-11)8-5-3-2-4-6-8;8-12-10-5-7(11-13-9)6-3-1-2-4-6;1-2-4-5-3-1;5-9-7-3-4(1-2-11)8-10-6;;;/h12-13H,6-11H2,1-5H3;4-7,11H,8H2,1-3H3;10H,2-9H2,1H3;2-5,9H,6H2,1H3;2-5,9H,6H2,1H3;2-7,9H,1H3;6-7H,1-5H2;1-5H2;4,11H,1-3H2;2*1H3;/q;;;;;;;;;2*-1;+2/t;;;;;7-,9+;;;;;;/m.....1....../s1. The molecule has 0 amide bonds. The number of benzene rings is 4. The molecule has 0 aliphatic heterocycles. The van der Waals surface area contributed by atoms with Crippen molar-refractivity contribution in [3.63, 3.8) is 0 Å². The van der Waals surface area contributed by atoms with Crippen molar-refractivity contribution in [1.82, 2.24) is 4.90 Å². The van der Waals surface area contributed by atoms with Crippen LogP contribution in [0.1, 0.15) is 255 Å². The topological polar surface area (TPSA) is 813 Å². The molecular formula is C81H131FeN49O2. The van der Waals surface area contributed by atoms with Crippen LogP contribution in [0, 0.1) is 33.6 Å². The molecule has 52 heteroatoms. The maximum atomic E-state index is 8.69. The van der Waals surface area contributed by atoms with Gasteiger partial charge < -0.3 is 29.6 Å². The van der Waals surface area contributed by atoms with E-state index in [-0.39, 0.29) is 94.8 Å². The second kappa shape index (κ2) is 88.7. The number of hydrogen-bond acceptors (Lipinski definition) is 19. The molecule has 0 bridgehead atoms. The van der Waals surface area contributed by atoms with Crippen LogP contribution in [-0.4, -0.2) is 118 Å². The third kappa shape index (κ3) is 67.0. The van der Waals surface area contributed by atoms with Gasteiger partial charge in [-0.05, 0) is 198 Å². The first-order valence-electron chi connectivity index (χ1n) is 42.5. The largest absolute Gasteiger partial charge is 2.00 e. The molecule has 0 heterocycles. The Kier molecular flexibility index (Phi) is 86.6. The van der Waals surface area contributed by atoms with Crippen LogP contribution in [0.15, 0.2) is 185 Å². The Labute approximate surface area is 788 Å². The van der Waals surface area contributed by atoms with Crippen LogP contribution >= 0.6 is 0 Å². The van der Waals surface area contributed by atoms with Crippen molar-refractivity contribution in [2.45, 2.75) is 270 Å². The molecule has 0 radical (unpaired) electrons. The minimum atomic E-state index is -0.681. The van der Waals surface area contributed by atoms with E-state index < -0.39 is 41.8 Å². The molecule has 2 fully saturated rings. The minimum absolute atomic E-state index is 0. The molecule has 4 aromatic rings. The van der Waals surface area contributed by atoms with Gasteiger partial charge in [-0.1, -0.05) is 350 Å². The van der Waals surface area contributed by atoms with Crippen LogP contribution in [0.4, 0.5) is 0 Å². The Morgan fingerprint density at radius 1 is 0.406 bits per heavy atom. The van der Waals surface area contributed by atoms with Gasteiger partial charge in [-0.25, -0.2) is 0 Å². The molecule has 133 heavy (non-hydrogen) atoms. The molecule has 10 atom stereocenters. The summed E-state index contributed by atoms with van der Waals surface area (Å²) in [5.74, 6) is 1.69. The molecule has 2 aliphatic carbocycles. The molecule has 0 saturated heterocycles. The summed E-state index contributed by atoms with van der Waals surface area (Å²) in [4.78, 5) is 45.7. The summed E-state index contributed by atoms with van der Waals surface area (Å²) in [6.07, 6.45) is 23.3. The summed E-state index contributed by atoms with van der Waals surface area (Å²) in [7, 11) is 1.57. The van der Waals surface area contributed by atoms with E-state index in [1.807, 2.05) is 99.6 Å². The van der Waals surface area contributed by atoms with Crippen LogP contribution in [0.2, 0.25) is 0 Å². The SMILES string of the molecule is C1CCCC1.CC(C)(C)c1ccc(C(CN=[N+]=[N-])N=[N+]=[N-])cc1.CCCCCCCCC(CN=[N+]=[N-])N=[N+]=[N-].CCN(CC)CCC(C)CCC(N=[N+]=[N-])C(C)(C)N=[N+]=[N-].COc1ccc(C(CN=[N+]=[N-])N=[N+]=[N-])cc1.C[C@@H](N=[N+]=[N-])[C@H](N=[N+]=[N-])c1ccccc1.Cc1ccc(C(CN=[N+]=[N-])N=[N+]=[N-])cc1.[CH3-].[CH3-].[Fe+2].[N-]=[N+]=NCC(CCO)N=[N+]=[N-].[N-]=[N+]=NCC(N=[N+]=[N-])C1CCCC1. The Balaban J connectivity index is -0.000000344. The fraction of sp³-hybridized carbons (Fsp3) is 0.679. The monoisotopic (exact) mass is 1880 g/mol. The normalized spacial score (nSPS) is 12.9. The quantitative estimate of drug-likeness (QED) is 0.0113. The van der Waals surface area contributed by atoms with Gasteiger partial charge in [0.05, 0.1) is 36.8 Å². The number of aliphatic hydroxyl groups excluding tert-OH is 1. The van der Waals surface area contributed by atoms with E-state index >= 15 is 0 Å². The number of rotatable bonds is 47. The molecule has 51 nitrogen and oxygen atoms in total. The van der Waals surface area contributed by atoms with Gasteiger partial charge in [0.15, 0.2) is 0 Å². The average Bonchev–Trinajstić information content (AvgIpc) is 1.24. The molecule has 2 saturated carbocycles. The maximum absolute atomic E-state index is 8.69. The van der Waals surface area contributed by atoms with Gasteiger partial charge in [0.2, 0.25) is 0 Å². The molecule has 8 unspecified atom stereocenters. The van der Waals surface area contributed by atoms with Crippen molar-refractivity contribution in [2.75, 3.05) is 72.6 Å². The zero-order chi connectivity index (χ0) is 97.5. The summed E-state index contributed by atoms with van der Waals surface area (Å²) in [5, 5.41) is 64.9. The Morgan fingerprint density at radius 3 is 1.20 bits per heavy atom. The number of nitrogens with zero attached hydrogens (tertiary/aromatic N) is 49. The summed E-state index contributed by atoms with van der Waals surface area (Å²) in [5.41, 5.74) is 138. The molecule has 2 aliphatic rings. The van der Waals surface area contributed by atoms with E-state index in [9.17, 15) is 0 Å². The first-order valence-corrected chi connectivity index (χ1v) is 42.5. The third-order valence-corrected chi connectivity index (χ3v) is 20.0. The smallest absolute Gasteiger partial charge is 0.497 e. The van der Waals surface area contributed by atoms with Crippen LogP contribution in [0.3, 0.4) is 0 Å². The van der Waals surface area contributed by atoms with Gasteiger partial charge >= 0.3 is 17.1 Å². The van der Waals surface area contributed by atoms with Crippen molar-refractivity contribution in [3.8, 4) is 5.75 Å². The number of ether oxygens (including phenoxy) is 1. The van der Waals surface area contributed by atoms with Gasteiger partial charge in [0.1, 0.15) is 5.75 Å². The van der Waals surface area contributed by atoms with Crippen LogP contribution < -0.4 is 4.74 Å². The number of methoxy groups -OCH3 is 1. The van der Waals surface area contributed by atoms with Crippen LogP contribution in [0.5, 0.6) is 5.75 Å². The van der Waals surface area contributed by atoms with Crippen molar-refractivity contribution >= 4 is 0 Å². The van der Waals surface area contributed by atoms with E-state index in [0.29, 0.717) is 30.6 Å².